The summed E-state index contributed by atoms with van der Waals surface area (Å²) < 4.78 is 6.35. The summed E-state index contributed by atoms with van der Waals surface area (Å²) in [6.07, 6.45) is 0. The molecule has 0 N–H and O–H groups in total. The summed E-state index contributed by atoms with van der Waals surface area (Å²) in [5, 5.41) is 4.76. The predicted molar refractivity (Wildman–Crippen MR) is 226 cm³/mol. The van der Waals surface area contributed by atoms with Crippen LogP contribution < -0.4 is 4.90 Å². The maximum absolute atomic E-state index is 6.35. The van der Waals surface area contributed by atoms with Gasteiger partial charge >= 0.3 is 0 Å². The quantitative estimate of drug-likeness (QED) is 0.182. The van der Waals surface area contributed by atoms with E-state index in [1.807, 2.05) is 0 Å². The first-order valence-corrected chi connectivity index (χ1v) is 19.0. The lowest BCUT2D eigenvalue weighted by atomic mass is 9.82. The molecule has 2 nitrogen and oxygen atoms in total. The first-order valence-electron chi connectivity index (χ1n) is 19.0. The molecule has 1 heterocycles. The molecule has 2 aliphatic rings. The molecule has 11 rings (SSSR count). The van der Waals surface area contributed by atoms with E-state index >= 15 is 0 Å². The second-order valence-electron chi connectivity index (χ2n) is 16.1. The number of hydrogen-bond donors (Lipinski definition) is 0. The van der Waals surface area contributed by atoms with E-state index in [0.29, 0.717) is 0 Å². The Morgan fingerprint density at radius 1 is 0.426 bits per heavy atom. The highest BCUT2D eigenvalue weighted by atomic mass is 16.3. The standard InChI is InChI=1S/C52H39NO/c1-51(2)40-17-9-7-15-37(40)49-42(51)19-11-21-44(49)53(45-22-12-20-43-50(45)38-16-8-10-18-41(38)52(43,3)4)35-27-23-32(24-28-35)34-26-29-46-39(31-34)48-36-14-6-5-13-33(36)25-30-47(48)54-46/h5-31H,1-4H3. The SMILES string of the molecule is CC1(C)c2ccccc2-c2c(N(c3ccc(-c4ccc5oc6ccc7ccccc7c6c5c4)cc3)c3cccc4c3-c3ccccc3C4(C)C)cccc21. The van der Waals surface area contributed by atoms with Gasteiger partial charge in [0.05, 0.1) is 11.4 Å². The third-order valence-electron chi connectivity index (χ3n) is 12.5. The molecule has 0 amide bonds. The van der Waals surface area contributed by atoms with Crippen molar-refractivity contribution in [3.05, 3.63) is 186 Å². The summed E-state index contributed by atoms with van der Waals surface area (Å²) in [4.78, 5) is 2.52. The van der Waals surface area contributed by atoms with Crippen molar-refractivity contribution in [3.8, 4) is 33.4 Å². The summed E-state index contributed by atoms with van der Waals surface area (Å²) in [6.45, 7) is 9.45. The number of anilines is 3. The Labute approximate surface area is 315 Å². The fraction of sp³-hybridized carbons (Fsp3) is 0.115. The minimum Gasteiger partial charge on any atom is -0.456 e. The van der Waals surface area contributed by atoms with Gasteiger partial charge in [-0.2, -0.15) is 0 Å². The number of benzene rings is 8. The maximum Gasteiger partial charge on any atom is 0.136 e. The van der Waals surface area contributed by atoms with Gasteiger partial charge in [-0.25, -0.2) is 0 Å². The third-order valence-corrected chi connectivity index (χ3v) is 12.5. The van der Waals surface area contributed by atoms with Gasteiger partial charge in [-0.15, -0.1) is 0 Å². The molecule has 0 unspecified atom stereocenters. The second kappa shape index (κ2) is 11.1. The van der Waals surface area contributed by atoms with Crippen LogP contribution in [0.15, 0.2) is 168 Å². The van der Waals surface area contributed by atoms with E-state index < -0.39 is 0 Å². The highest BCUT2D eigenvalue weighted by molar-refractivity contribution is 6.19. The van der Waals surface area contributed by atoms with Crippen LogP contribution in [0.3, 0.4) is 0 Å². The average Bonchev–Trinajstić information content (AvgIpc) is 3.79. The van der Waals surface area contributed by atoms with Crippen LogP contribution in [0.1, 0.15) is 49.9 Å². The van der Waals surface area contributed by atoms with Crippen LogP contribution in [0.4, 0.5) is 17.1 Å². The molecule has 2 aliphatic carbocycles. The topological polar surface area (TPSA) is 16.4 Å². The van der Waals surface area contributed by atoms with Crippen LogP contribution in [-0.2, 0) is 10.8 Å². The molecule has 0 fully saturated rings. The zero-order valence-electron chi connectivity index (χ0n) is 30.9. The smallest absolute Gasteiger partial charge is 0.136 e. The van der Waals surface area contributed by atoms with Gasteiger partial charge in [0.1, 0.15) is 11.2 Å². The molecule has 0 aliphatic heterocycles. The van der Waals surface area contributed by atoms with Crippen molar-refractivity contribution in [1.82, 2.24) is 0 Å². The molecule has 8 aromatic carbocycles. The predicted octanol–water partition coefficient (Wildman–Crippen LogP) is 14.5. The summed E-state index contributed by atoms with van der Waals surface area (Å²) in [6, 6.07) is 60.3. The van der Waals surface area contributed by atoms with Gasteiger partial charge in [-0.3, -0.25) is 0 Å². The minimum atomic E-state index is -0.105. The van der Waals surface area contributed by atoms with Gasteiger partial charge in [0.25, 0.3) is 0 Å². The molecule has 1 aromatic heterocycles. The van der Waals surface area contributed by atoms with Crippen molar-refractivity contribution in [2.45, 2.75) is 38.5 Å². The lowest BCUT2D eigenvalue weighted by molar-refractivity contribution is 0.660. The average molecular weight is 694 g/mol. The van der Waals surface area contributed by atoms with Crippen LogP contribution in [0.5, 0.6) is 0 Å². The van der Waals surface area contributed by atoms with Crippen molar-refractivity contribution in [2.24, 2.45) is 0 Å². The normalized spacial score (nSPS) is 14.6. The van der Waals surface area contributed by atoms with E-state index in [2.05, 4.69) is 196 Å². The van der Waals surface area contributed by atoms with E-state index in [9.17, 15) is 0 Å². The number of furan rings is 1. The summed E-state index contributed by atoms with van der Waals surface area (Å²) in [5.41, 5.74) is 18.2. The molecule has 0 spiro atoms. The van der Waals surface area contributed by atoms with Crippen LogP contribution in [-0.4, -0.2) is 0 Å². The lowest BCUT2D eigenvalue weighted by Gasteiger charge is -2.31. The number of hydrogen-bond acceptors (Lipinski definition) is 2. The van der Waals surface area contributed by atoms with Crippen molar-refractivity contribution < 1.29 is 4.42 Å². The molecule has 0 atom stereocenters. The Balaban J connectivity index is 1.12. The fourth-order valence-corrected chi connectivity index (χ4v) is 9.78. The monoisotopic (exact) mass is 693 g/mol. The Kier molecular flexibility index (Phi) is 6.39. The minimum absolute atomic E-state index is 0.105. The highest BCUT2D eigenvalue weighted by Gasteiger charge is 2.40. The number of rotatable bonds is 4. The van der Waals surface area contributed by atoms with Gasteiger partial charge in [-0.05, 0) is 97.7 Å². The Morgan fingerprint density at radius 2 is 0.963 bits per heavy atom. The molecular weight excluding hydrogens is 655 g/mol. The van der Waals surface area contributed by atoms with Crippen LogP contribution in [0, 0.1) is 0 Å². The van der Waals surface area contributed by atoms with Crippen molar-refractivity contribution >= 4 is 49.8 Å². The highest BCUT2D eigenvalue weighted by Crippen LogP contribution is 2.58. The molecule has 258 valence electrons. The number of nitrogens with zero attached hydrogens (tertiary/aromatic N) is 1. The number of fused-ring (bicyclic) bond motifs is 11. The van der Waals surface area contributed by atoms with Crippen LogP contribution >= 0.6 is 0 Å². The van der Waals surface area contributed by atoms with Crippen molar-refractivity contribution in [2.75, 3.05) is 4.90 Å². The molecule has 0 radical (unpaired) electrons. The zero-order chi connectivity index (χ0) is 36.3. The van der Waals surface area contributed by atoms with Gasteiger partial charge < -0.3 is 9.32 Å². The molecule has 0 bridgehead atoms. The third kappa shape index (κ3) is 4.23. The van der Waals surface area contributed by atoms with Gasteiger partial charge in [0, 0.05) is 38.4 Å². The van der Waals surface area contributed by atoms with E-state index in [1.54, 1.807) is 0 Å². The molecule has 9 aromatic rings. The largest absolute Gasteiger partial charge is 0.456 e. The van der Waals surface area contributed by atoms with E-state index in [0.717, 1.165) is 22.2 Å². The van der Waals surface area contributed by atoms with E-state index in [-0.39, 0.29) is 10.8 Å². The van der Waals surface area contributed by atoms with Crippen LogP contribution in [0.2, 0.25) is 0 Å². The summed E-state index contributed by atoms with van der Waals surface area (Å²) >= 11 is 0. The molecule has 2 heteroatoms. The molecule has 54 heavy (non-hydrogen) atoms. The van der Waals surface area contributed by atoms with Crippen molar-refractivity contribution in [3.63, 3.8) is 0 Å². The molecule has 0 saturated heterocycles. The van der Waals surface area contributed by atoms with Gasteiger partial charge in [0.2, 0.25) is 0 Å². The van der Waals surface area contributed by atoms with E-state index in [1.165, 1.54) is 83.2 Å². The van der Waals surface area contributed by atoms with Gasteiger partial charge in [0.15, 0.2) is 0 Å². The molecular formula is C52H39NO. The van der Waals surface area contributed by atoms with Crippen LogP contribution in [0.25, 0.3) is 66.1 Å². The first-order chi connectivity index (χ1) is 26.3. The Bertz CT molecular complexity index is 2890. The Morgan fingerprint density at radius 3 is 1.61 bits per heavy atom. The van der Waals surface area contributed by atoms with E-state index in [4.69, 9.17) is 4.42 Å². The van der Waals surface area contributed by atoms with Crippen molar-refractivity contribution in [1.29, 1.82) is 0 Å². The second-order valence-corrected chi connectivity index (χ2v) is 16.1. The zero-order valence-corrected chi connectivity index (χ0v) is 30.9. The fourth-order valence-electron chi connectivity index (χ4n) is 9.78. The Hall–Kier alpha value is -6.38. The summed E-state index contributed by atoms with van der Waals surface area (Å²) in [5.74, 6) is 0. The van der Waals surface area contributed by atoms with Gasteiger partial charge in [-0.1, -0.05) is 149 Å². The maximum atomic E-state index is 6.35. The molecule has 0 saturated carbocycles. The first kappa shape index (κ1) is 31.2. The lowest BCUT2D eigenvalue weighted by Crippen LogP contribution is -2.17. The summed E-state index contributed by atoms with van der Waals surface area (Å²) in [7, 11) is 0.